The number of carbonyl (C=O) groups excluding carboxylic acids is 1. The molecule has 1 heterocycles. The van der Waals surface area contributed by atoms with E-state index in [1.807, 2.05) is 0 Å². The highest BCUT2D eigenvalue weighted by atomic mass is 16.5. The summed E-state index contributed by atoms with van der Waals surface area (Å²) in [6.45, 7) is 2.99. The minimum Gasteiger partial charge on any atom is -0.376 e. The number of nitrogens with zero attached hydrogens (tertiary/aromatic N) is 2. The number of nitriles is 1. The van der Waals surface area contributed by atoms with Crippen molar-refractivity contribution in [2.75, 3.05) is 20.3 Å². The molecule has 5 heteroatoms. The van der Waals surface area contributed by atoms with E-state index in [4.69, 9.17) is 9.47 Å². The maximum Gasteiger partial charge on any atom is 0.252 e. The van der Waals surface area contributed by atoms with Gasteiger partial charge in [-0.3, -0.25) is 4.79 Å². The van der Waals surface area contributed by atoms with Gasteiger partial charge in [-0.2, -0.15) is 5.26 Å². The summed E-state index contributed by atoms with van der Waals surface area (Å²) in [4.78, 5) is 13.8. The molecule has 2 atom stereocenters. The summed E-state index contributed by atoms with van der Waals surface area (Å²) in [6.07, 6.45) is 4.21. The number of amides is 1. The number of likely N-dealkylation sites (N-methyl/N-ethyl adjacent to an activating group) is 1. The minimum absolute atomic E-state index is 0.112. The van der Waals surface area contributed by atoms with Crippen LogP contribution < -0.4 is 0 Å². The molecule has 1 aliphatic heterocycles. The molecule has 2 rings (SSSR count). The predicted octanol–water partition coefficient (Wildman–Crippen LogP) is 1.48. The van der Waals surface area contributed by atoms with E-state index in [0.717, 1.165) is 38.7 Å². The van der Waals surface area contributed by atoms with Crippen molar-refractivity contribution in [3.8, 4) is 6.07 Å². The van der Waals surface area contributed by atoms with Crippen molar-refractivity contribution in [2.24, 2.45) is 0 Å². The van der Waals surface area contributed by atoms with E-state index in [1.165, 1.54) is 0 Å². The Bertz CT molecular complexity index is 367. The lowest BCUT2D eigenvalue weighted by Gasteiger charge is -2.43. The van der Waals surface area contributed by atoms with Crippen molar-refractivity contribution < 1.29 is 14.3 Å². The molecule has 0 N–H and O–H groups in total. The number of hydrogen-bond acceptors (Lipinski definition) is 4. The van der Waals surface area contributed by atoms with Crippen LogP contribution in [0.25, 0.3) is 0 Å². The third-order valence-corrected chi connectivity index (χ3v) is 4.27. The van der Waals surface area contributed by atoms with Crippen LogP contribution in [0, 0.1) is 11.3 Å². The fraction of sp³-hybridized carbons (Fsp3) is 0.857. The van der Waals surface area contributed by atoms with Crippen LogP contribution in [0.4, 0.5) is 0 Å². The molecule has 2 unspecified atom stereocenters. The average Bonchev–Trinajstić information content (AvgIpc) is 2.87. The van der Waals surface area contributed by atoms with Crippen molar-refractivity contribution in [2.45, 2.75) is 56.8 Å². The fourth-order valence-electron chi connectivity index (χ4n) is 2.62. The molecule has 0 radical (unpaired) electrons. The minimum atomic E-state index is -0.599. The Kier molecular flexibility index (Phi) is 4.43. The molecule has 0 spiro atoms. The van der Waals surface area contributed by atoms with Gasteiger partial charge in [-0.05, 0) is 39.0 Å². The van der Waals surface area contributed by atoms with Gasteiger partial charge in [0.2, 0.25) is 0 Å². The van der Waals surface area contributed by atoms with Crippen LogP contribution >= 0.6 is 0 Å². The number of rotatable bonds is 5. The van der Waals surface area contributed by atoms with E-state index in [1.54, 1.807) is 18.9 Å². The smallest absolute Gasteiger partial charge is 0.252 e. The van der Waals surface area contributed by atoms with Crippen LogP contribution in [0.1, 0.15) is 39.0 Å². The first-order valence-corrected chi connectivity index (χ1v) is 7.01. The number of hydrogen-bond donors (Lipinski definition) is 0. The normalized spacial score (nSPS) is 26.3. The fourth-order valence-corrected chi connectivity index (χ4v) is 2.62. The van der Waals surface area contributed by atoms with Crippen molar-refractivity contribution in [3.05, 3.63) is 0 Å². The summed E-state index contributed by atoms with van der Waals surface area (Å²) >= 11 is 0. The van der Waals surface area contributed by atoms with Crippen LogP contribution in [0.3, 0.4) is 0 Å². The largest absolute Gasteiger partial charge is 0.376 e. The second-order valence-electron chi connectivity index (χ2n) is 5.50. The molecule has 1 aliphatic carbocycles. The highest BCUT2D eigenvalue weighted by Gasteiger charge is 2.44. The van der Waals surface area contributed by atoms with Gasteiger partial charge >= 0.3 is 0 Å². The van der Waals surface area contributed by atoms with Gasteiger partial charge in [0.05, 0.1) is 18.8 Å². The molecule has 1 saturated heterocycles. The topological polar surface area (TPSA) is 62.6 Å². The number of carbonyl (C=O) groups is 1. The first kappa shape index (κ1) is 14.3. The first-order chi connectivity index (χ1) is 9.09. The van der Waals surface area contributed by atoms with Gasteiger partial charge < -0.3 is 14.4 Å². The van der Waals surface area contributed by atoms with Gasteiger partial charge in [0, 0.05) is 13.7 Å². The van der Waals surface area contributed by atoms with Crippen LogP contribution in [-0.2, 0) is 14.3 Å². The second kappa shape index (κ2) is 5.89. The third-order valence-electron chi connectivity index (χ3n) is 4.27. The highest BCUT2D eigenvalue weighted by Crippen LogP contribution is 2.36. The monoisotopic (exact) mass is 266 g/mol. The van der Waals surface area contributed by atoms with Crippen molar-refractivity contribution in [1.82, 2.24) is 4.90 Å². The van der Waals surface area contributed by atoms with Gasteiger partial charge in [-0.15, -0.1) is 0 Å². The van der Waals surface area contributed by atoms with Gasteiger partial charge in [0.15, 0.2) is 0 Å². The van der Waals surface area contributed by atoms with E-state index < -0.39 is 11.6 Å². The maximum atomic E-state index is 12.3. The van der Waals surface area contributed by atoms with E-state index in [2.05, 4.69) is 6.07 Å². The van der Waals surface area contributed by atoms with Crippen LogP contribution in [-0.4, -0.2) is 48.8 Å². The Balaban J connectivity index is 1.82. The van der Waals surface area contributed by atoms with Gasteiger partial charge in [-0.25, -0.2) is 0 Å². The first-order valence-electron chi connectivity index (χ1n) is 7.01. The Labute approximate surface area is 114 Å². The molecule has 0 aromatic heterocycles. The molecule has 1 amide bonds. The van der Waals surface area contributed by atoms with E-state index >= 15 is 0 Å². The molecule has 106 valence electrons. The number of ether oxygens (including phenoxy) is 2. The molecule has 5 nitrogen and oxygen atoms in total. The van der Waals surface area contributed by atoms with Gasteiger partial charge in [0.25, 0.3) is 5.91 Å². The molecule has 0 bridgehead atoms. The molecule has 19 heavy (non-hydrogen) atoms. The molecular formula is C14H22N2O3. The maximum absolute atomic E-state index is 12.3. The van der Waals surface area contributed by atoms with Crippen LogP contribution in [0.5, 0.6) is 0 Å². The summed E-state index contributed by atoms with van der Waals surface area (Å²) in [7, 11) is 1.71. The Morgan fingerprint density at radius 1 is 1.58 bits per heavy atom. The van der Waals surface area contributed by atoms with E-state index in [9.17, 15) is 10.1 Å². The zero-order valence-corrected chi connectivity index (χ0v) is 11.7. The summed E-state index contributed by atoms with van der Waals surface area (Å²) < 4.78 is 11.1. The average molecular weight is 266 g/mol. The lowest BCUT2D eigenvalue weighted by molar-refractivity contribution is -0.149. The quantitative estimate of drug-likeness (QED) is 0.756. The summed E-state index contributed by atoms with van der Waals surface area (Å²) in [5.41, 5.74) is -0.599. The molecule has 1 saturated carbocycles. The Hall–Kier alpha value is -1.12. The zero-order valence-electron chi connectivity index (χ0n) is 11.7. The zero-order chi connectivity index (χ0) is 13.9. The summed E-state index contributed by atoms with van der Waals surface area (Å²) in [6, 6.07) is 2.27. The standard InChI is InChI=1S/C14H22N2O3/c1-11(19-9-12-5-3-8-18-12)13(17)16(2)14(10-15)6-4-7-14/h11-12H,3-9H2,1-2H3. The highest BCUT2D eigenvalue weighted by molar-refractivity contribution is 5.81. The van der Waals surface area contributed by atoms with Crippen LogP contribution in [0.2, 0.25) is 0 Å². The lowest BCUT2D eigenvalue weighted by Crippen LogP contribution is -2.55. The lowest BCUT2D eigenvalue weighted by atomic mass is 9.76. The Morgan fingerprint density at radius 2 is 2.32 bits per heavy atom. The molecule has 2 fully saturated rings. The second-order valence-corrected chi connectivity index (χ2v) is 5.50. The molecule has 0 aromatic carbocycles. The van der Waals surface area contributed by atoms with E-state index in [-0.39, 0.29) is 12.0 Å². The summed E-state index contributed by atoms with van der Waals surface area (Å²) in [5, 5.41) is 9.24. The van der Waals surface area contributed by atoms with Gasteiger partial charge in [-0.1, -0.05) is 0 Å². The third kappa shape index (κ3) is 2.90. The molecule has 0 aromatic rings. The molecular weight excluding hydrogens is 244 g/mol. The SMILES string of the molecule is CC(OCC1CCCO1)C(=O)N(C)C1(C#N)CCC1. The Morgan fingerprint density at radius 3 is 2.79 bits per heavy atom. The van der Waals surface area contributed by atoms with Crippen LogP contribution in [0.15, 0.2) is 0 Å². The van der Waals surface area contributed by atoms with Crippen molar-refractivity contribution in [3.63, 3.8) is 0 Å². The van der Waals surface area contributed by atoms with Gasteiger partial charge in [0.1, 0.15) is 11.6 Å². The van der Waals surface area contributed by atoms with Crippen molar-refractivity contribution in [1.29, 1.82) is 5.26 Å². The predicted molar refractivity (Wildman–Crippen MR) is 69.4 cm³/mol. The van der Waals surface area contributed by atoms with E-state index in [0.29, 0.717) is 6.61 Å². The molecule has 2 aliphatic rings. The van der Waals surface area contributed by atoms with Crippen molar-refractivity contribution >= 4 is 5.91 Å². The summed E-state index contributed by atoms with van der Waals surface area (Å²) in [5.74, 6) is -0.112.